The number of rotatable bonds is 4. The lowest BCUT2D eigenvalue weighted by Crippen LogP contribution is -2.32. The number of carbonyl (C=O) groups excluding carboxylic acids is 1. The molecule has 1 aromatic carbocycles. The standard InChI is InChI=1S/C21H25N5O2/c22-15-5-7-26(13-15)20(27)17-11-25-19(12-23-17)24-10-14-9-21(14)6-8-28-18-4-2-1-3-16(18)21/h1-4,11-12,14-15H,5-10,13,22H2,(H,24,25)/t14-,15?,21+/m0/s1. The molecule has 2 aliphatic heterocycles. The quantitative estimate of drug-likeness (QED) is 0.841. The molecule has 1 spiro atoms. The molecule has 7 heteroatoms. The minimum absolute atomic E-state index is 0.0685. The number of fused-ring (bicyclic) bond motifs is 2. The van der Waals surface area contributed by atoms with Gasteiger partial charge in [0.15, 0.2) is 0 Å². The first-order valence-electron chi connectivity index (χ1n) is 9.99. The zero-order valence-electron chi connectivity index (χ0n) is 15.8. The average molecular weight is 379 g/mol. The molecule has 1 saturated heterocycles. The third-order valence-corrected chi connectivity index (χ3v) is 6.37. The Morgan fingerprint density at radius 3 is 3.00 bits per heavy atom. The summed E-state index contributed by atoms with van der Waals surface area (Å²) in [5.74, 6) is 2.20. The molecular formula is C21H25N5O2. The number of nitrogens with zero attached hydrogens (tertiary/aromatic N) is 3. The van der Waals surface area contributed by atoms with Crippen LogP contribution in [0.3, 0.4) is 0 Å². The lowest BCUT2D eigenvalue weighted by atomic mass is 9.87. The Morgan fingerprint density at radius 1 is 1.32 bits per heavy atom. The van der Waals surface area contributed by atoms with Gasteiger partial charge in [0.25, 0.3) is 5.91 Å². The zero-order valence-corrected chi connectivity index (χ0v) is 15.8. The maximum Gasteiger partial charge on any atom is 0.274 e. The SMILES string of the molecule is NC1CCN(C(=O)c2cnc(NC[C@@H]3C[C@]34CCOc3ccccc34)cn2)C1. The van der Waals surface area contributed by atoms with Gasteiger partial charge in [0.2, 0.25) is 0 Å². The maximum atomic E-state index is 12.4. The second-order valence-corrected chi connectivity index (χ2v) is 8.12. The van der Waals surface area contributed by atoms with Crippen LogP contribution in [0.15, 0.2) is 36.7 Å². The highest BCUT2D eigenvalue weighted by molar-refractivity contribution is 5.92. The van der Waals surface area contributed by atoms with Crippen LogP contribution in [0.4, 0.5) is 5.82 Å². The van der Waals surface area contributed by atoms with E-state index in [-0.39, 0.29) is 17.4 Å². The first-order valence-corrected chi connectivity index (χ1v) is 9.99. The number of benzene rings is 1. The molecule has 5 rings (SSSR count). The molecule has 3 heterocycles. The Balaban J connectivity index is 1.20. The molecule has 0 bridgehead atoms. The van der Waals surface area contributed by atoms with Crippen molar-refractivity contribution >= 4 is 11.7 Å². The molecule has 3 aliphatic rings. The Hall–Kier alpha value is -2.67. The van der Waals surface area contributed by atoms with Crippen molar-refractivity contribution in [3.8, 4) is 5.75 Å². The van der Waals surface area contributed by atoms with E-state index in [2.05, 4.69) is 33.5 Å². The summed E-state index contributed by atoms with van der Waals surface area (Å²) in [7, 11) is 0. The van der Waals surface area contributed by atoms with Crippen LogP contribution in [0.25, 0.3) is 0 Å². The van der Waals surface area contributed by atoms with Crippen LogP contribution in [-0.4, -0.2) is 53.1 Å². The predicted molar refractivity (Wildman–Crippen MR) is 105 cm³/mol. The van der Waals surface area contributed by atoms with E-state index in [0.717, 1.165) is 31.7 Å². The summed E-state index contributed by atoms with van der Waals surface area (Å²) in [6.07, 6.45) is 6.28. The first kappa shape index (κ1) is 17.4. The summed E-state index contributed by atoms with van der Waals surface area (Å²) in [6, 6.07) is 8.44. The van der Waals surface area contributed by atoms with E-state index in [1.807, 2.05) is 6.07 Å². The molecular weight excluding hydrogens is 354 g/mol. The number of carbonyl (C=O) groups is 1. The van der Waals surface area contributed by atoms with Crippen molar-refractivity contribution in [3.63, 3.8) is 0 Å². The van der Waals surface area contributed by atoms with Gasteiger partial charge in [-0.2, -0.15) is 0 Å². The fourth-order valence-electron chi connectivity index (χ4n) is 4.66. The Morgan fingerprint density at radius 2 is 2.21 bits per heavy atom. The van der Waals surface area contributed by atoms with E-state index in [9.17, 15) is 4.79 Å². The lowest BCUT2D eigenvalue weighted by Gasteiger charge is -2.27. The molecule has 3 atom stereocenters. The summed E-state index contributed by atoms with van der Waals surface area (Å²) in [5.41, 5.74) is 7.83. The van der Waals surface area contributed by atoms with Gasteiger partial charge in [0.05, 0.1) is 19.0 Å². The molecule has 1 saturated carbocycles. The van der Waals surface area contributed by atoms with Gasteiger partial charge in [-0.1, -0.05) is 18.2 Å². The third kappa shape index (κ3) is 2.99. The van der Waals surface area contributed by atoms with Gasteiger partial charge < -0.3 is 20.7 Å². The van der Waals surface area contributed by atoms with Crippen LogP contribution >= 0.6 is 0 Å². The lowest BCUT2D eigenvalue weighted by molar-refractivity contribution is 0.0784. The Labute approximate surface area is 164 Å². The van der Waals surface area contributed by atoms with Crippen molar-refractivity contribution in [1.82, 2.24) is 14.9 Å². The molecule has 1 amide bonds. The number of aromatic nitrogens is 2. The van der Waals surface area contributed by atoms with Crippen molar-refractivity contribution < 1.29 is 9.53 Å². The Kier molecular flexibility index (Phi) is 4.19. The van der Waals surface area contributed by atoms with Crippen molar-refractivity contribution in [2.45, 2.75) is 30.7 Å². The molecule has 1 unspecified atom stereocenters. The number of hydrogen-bond donors (Lipinski definition) is 2. The van der Waals surface area contributed by atoms with E-state index in [1.165, 1.54) is 12.0 Å². The van der Waals surface area contributed by atoms with Crippen molar-refractivity contribution in [2.24, 2.45) is 11.7 Å². The van der Waals surface area contributed by atoms with E-state index < -0.39 is 0 Å². The molecule has 1 aromatic heterocycles. The number of nitrogens with one attached hydrogen (secondary N) is 1. The molecule has 7 nitrogen and oxygen atoms in total. The number of amides is 1. The largest absolute Gasteiger partial charge is 0.493 e. The van der Waals surface area contributed by atoms with Gasteiger partial charge in [-0.15, -0.1) is 0 Å². The van der Waals surface area contributed by atoms with Crippen molar-refractivity contribution in [1.29, 1.82) is 0 Å². The number of para-hydroxylation sites is 1. The van der Waals surface area contributed by atoms with Gasteiger partial charge in [-0.25, -0.2) is 9.97 Å². The normalized spacial score (nSPS) is 28.0. The topological polar surface area (TPSA) is 93.4 Å². The second-order valence-electron chi connectivity index (χ2n) is 8.12. The summed E-state index contributed by atoms with van der Waals surface area (Å²) in [6.45, 7) is 2.91. The minimum atomic E-state index is -0.0908. The number of likely N-dealkylation sites (tertiary alicyclic amines) is 1. The van der Waals surface area contributed by atoms with Gasteiger partial charge in [-0.05, 0) is 31.2 Å². The maximum absolute atomic E-state index is 12.4. The fraction of sp³-hybridized carbons (Fsp3) is 0.476. The van der Waals surface area contributed by atoms with Crippen LogP contribution in [0.2, 0.25) is 0 Å². The van der Waals surface area contributed by atoms with E-state index in [0.29, 0.717) is 30.5 Å². The highest BCUT2D eigenvalue weighted by atomic mass is 16.5. The summed E-state index contributed by atoms with van der Waals surface area (Å²) >= 11 is 0. The van der Waals surface area contributed by atoms with Crippen molar-refractivity contribution in [2.75, 3.05) is 31.6 Å². The highest BCUT2D eigenvalue weighted by Crippen LogP contribution is 2.60. The van der Waals surface area contributed by atoms with Crippen LogP contribution < -0.4 is 15.8 Å². The van der Waals surface area contributed by atoms with Crippen LogP contribution in [-0.2, 0) is 5.41 Å². The van der Waals surface area contributed by atoms with Crippen LogP contribution in [0.1, 0.15) is 35.3 Å². The molecule has 2 aromatic rings. The average Bonchev–Trinajstić information content (AvgIpc) is 3.23. The van der Waals surface area contributed by atoms with E-state index >= 15 is 0 Å². The van der Waals surface area contributed by atoms with Gasteiger partial charge in [0.1, 0.15) is 17.3 Å². The number of hydrogen-bond acceptors (Lipinski definition) is 6. The molecule has 28 heavy (non-hydrogen) atoms. The number of ether oxygens (including phenoxy) is 1. The molecule has 1 aliphatic carbocycles. The third-order valence-electron chi connectivity index (χ3n) is 6.37. The molecule has 146 valence electrons. The second kappa shape index (κ2) is 6.74. The number of nitrogens with two attached hydrogens (primary N) is 1. The monoisotopic (exact) mass is 379 g/mol. The summed E-state index contributed by atoms with van der Waals surface area (Å²) in [5, 5.41) is 3.39. The van der Waals surface area contributed by atoms with E-state index in [4.69, 9.17) is 10.5 Å². The first-order chi connectivity index (χ1) is 13.7. The van der Waals surface area contributed by atoms with Crippen molar-refractivity contribution in [3.05, 3.63) is 47.9 Å². The van der Waals surface area contributed by atoms with Gasteiger partial charge in [0, 0.05) is 36.7 Å². The predicted octanol–water partition coefficient (Wildman–Crippen LogP) is 1.80. The van der Waals surface area contributed by atoms with Gasteiger partial charge in [-0.3, -0.25) is 4.79 Å². The van der Waals surface area contributed by atoms with Crippen LogP contribution in [0, 0.1) is 5.92 Å². The van der Waals surface area contributed by atoms with Crippen LogP contribution in [0.5, 0.6) is 5.75 Å². The van der Waals surface area contributed by atoms with E-state index in [1.54, 1.807) is 17.3 Å². The smallest absolute Gasteiger partial charge is 0.274 e. The molecule has 0 radical (unpaired) electrons. The van der Waals surface area contributed by atoms with Gasteiger partial charge >= 0.3 is 0 Å². The number of anilines is 1. The summed E-state index contributed by atoms with van der Waals surface area (Å²) < 4.78 is 5.81. The Bertz CT molecular complexity index is 887. The fourth-order valence-corrected chi connectivity index (χ4v) is 4.66. The highest BCUT2D eigenvalue weighted by Gasteiger charge is 2.57. The molecule has 3 N–H and O–H groups in total. The molecule has 2 fully saturated rings. The minimum Gasteiger partial charge on any atom is -0.493 e. The zero-order chi connectivity index (χ0) is 19.1. The summed E-state index contributed by atoms with van der Waals surface area (Å²) in [4.78, 5) is 22.9.